The SMILES string of the molecule is CCCCCCCCCCCCCCCCCCCCCCCC(=O)C(C[N+](C)(C)C)OP(=O)(O)OC[C@@H](CO)OO. The zero-order valence-corrected chi connectivity index (χ0v) is 28.5. The van der Waals surface area contributed by atoms with Gasteiger partial charge in [-0.2, -0.15) is 0 Å². The molecule has 0 fully saturated rings. The summed E-state index contributed by atoms with van der Waals surface area (Å²) in [5.41, 5.74) is 0. The molecule has 0 aromatic rings. The summed E-state index contributed by atoms with van der Waals surface area (Å²) in [6, 6.07) is 0. The van der Waals surface area contributed by atoms with Gasteiger partial charge in [-0.05, 0) is 6.42 Å². The molecule has 3 atom stereocenters. The molecule has 0 saturated heterocycles. The van der Waals surface area contributed by atoms with E-state index in [0.717, 1.165) is 19.3 Å². The Morgan fingerprint density at radius 3 is 1.43 bits per heavy atom. The van der Waals surface area contributed by atoms with E-state index in [1.807, 2.05) is 21.1 Å². The maximum Gasteiger partial charge on any atom is 0.473 e. The number of unbranched alkanes of at least 4 members (excludes halogenated alkanes) is 20. The first kappa shape index (κ1) is 41.6. The highest BCUT2D eigenvalue weighted by molar-refractivity contribution is 7.47. The molecule has 0 bridgehead atoms. The fourth-order valence-corrected chi connectivity index (χ4v) is 5.99. The lowest BCUT2D eigenvalue weighted by Gasteiger charge is -2.29. The van der Waals surface area contributed by atoms with Crippen molar-refractivity contribution in [1.82, 2.24) is 0 Å². The van der Waals surface area contributed by atoms with Crippen LogP contribution in [0.25, 0.3) is 0 Å². The van der Waals surface area contributed by atoms with Crippen LogP contribution in [0.4, 0.5) is 0 Å². The van der Waals surface area contributed by atoms with Crippen LogP contribution < -0.4 is 0 Å². The number of quaternary nitrogens is 1. The molecule has 0 aliphatic carbocycles. The lowest BCUT2D eigenvalue weighted by molar-refractivity contribution is -0.872. The molecule has 2 unspecified atom stereocenters. The average Bonchev–Trinajstić information content (AvgIpc) is 2.93. The molecule has 42 heavy (non-hydrogen) atoms. The number of hydrogen-bond acceptors (Lipinski definition) is 7. The molecule has 0 saturated carbocycles. The molecular formula is C32H67NO8P+. The summed E-state index contributed by atoms with van der Waals surface area (Å²) in [6.07, 6.45) is 25.3. The van der Waals surface area contributed by atoms with E-state index < -0.39 is 33.2 Å². The largest absolute Gasteiger partial charge is 0.473 e. The second-order valence-electron chi connectivity index (χ2n) is 13.0. The minimum atomic E-state index is -4.58. The van der Waals surface area contributed by atoms with Gasteiger partial charge in [0.25, 0.3) is 0 Å². The molecule has 0 rings (SSSR count). The van der Waals surface area contributed by atoms with Crippen LogP contribution in [0.3, 0.4) is 0 Å². The normalized spacial score (nSPS) is 15.0. The smallest absolute Gasteiger partial charge is 0.393 e. The molecule has 0 aliphatic rings. The van der Waals surface area contributed by atoms with E-state index in [1.54, 1.807) is 0 Å². The molecule has 0 aromatic heterocycles. The number of aliphatic hydroxyl groups excluding tert-OH is 1. The number of aliphatic hydroxyl groups is 1. The van der Waals surface area contributed by atoms with Crippen molar-refractivity contribution in [2.24, 2.45) is 0 Å². The van der Waals surface area contributed by atoms with E-state index >= 15 is 0 Å². The summed E-state index contributed by atoms with van der Waals surface area (Å²) >= 11 is 0. The topological polar surface area (TPSA) is 123 Å². The minimum Gasteiger partial charge on any atom is -0.393 e. The molecule has 0 aromatic carbocycles. The molecular weight excluding hydrogens is 557 g/mol. The van der Waals surface area contributed by atoms with Gasteiger partial charge in [0.1, 0.15) is 12.6 Å². The molecule has 10 heteroatoms. The number of carbonyl (C=O) groups is 1. The van der Waals surface area contributed by atoms with Crippen molar-refractivity contribution in [1.29, 1.82) is 0 Å². The Labute approximate surface area is 257 Å². The van der Waals surface area contributed by atoms with Gasteiger partial charge in [0.2, 0.25) is 0 Å². The van der Waals surface area contributed by atoms with Crippen LogP contribution in [0, 0.1) is 0 Å². The van der Waals surface area contributed by atoms with Crippen LogP contribution in [-0.2, 0) is 23.3 Å². The van der Waals surface area contributed by atoms with Gasteiger partial charge in [-0.3, -0.25) is 19.1 Å². The highest BCUT2D eigenvalue weighted by atomic mass is 31.2. The summed E-state index contributed by atoms with van der Waals surface area (Å²) in [6.45, 7) is 1.34. The van der Waals surface area contributed by atoms with Gasteiger partial charge in [0, 0.05) is 6.42 Å². The quantitative estimate of drug-likeness (QED) is 0.0225. The van der Waals surface area contributed by atoms with Crippen molar-refractivity contribution in [3.05, 3.63) is 0 Å². The third-order valence-electron chi connectivity index (χ3n) is 7.64. The summed E-state index contributed by atoms with van der Waals surface area (Å²) in [4.78, 5) is 26.8. The van der Waals surface area contributed by atoms with Gasteiger partial charge in [-0.1, -0.05) is 135 Å². The van der Waals surface area contributed by atoms with Gasteiger partial charge < -0.3 is 14.5 Å². The maximum atomic E-state index is 12.8. The molecule has 0 amide bonds. The Morgan fingerprint density at radius 2 is 1.10 bits per heavy atom. The Bertz CT molecular complexity index is 669. The standard InChI is InChI=1S/C32H66NO8P/c1-5-6-7-8-9-10-11-12-13-14-15-16-17-18-19-20-21-22-23-24-25-26-31(35)32(27-33(2,3)4)41-42(37,38)39-29-30(28-34)40-36/h30,32,34H,5-29H2,1-4H3,(H-,36,37,38)/p+1/t30-,32?/m1/s1. The summed E-state index contributed by atoms with van der Waals surface area (Å²) in [7, 11) is 1.02. The minimum absolute atomic E-state index is 0.214. The number of ketones is 1. The fourth-order valence-electron chi connectivity index (χ4n) is 5.07. The highest BCUT2D eigenvalue weighted by Crippen LogP contribution is 2.45. The zero-order valence-electron chi connectivity index (χ0n) is 27.6. The van der Waals surface area contributed by atoms with E-state index in [4.69, 9.17) is 19.4 Å². The van der Waals surface area contributed by atoms with Crippen molar-refractivity contribution < 1.29 is 43.0 Å². The second kappa shape index (κ2) is 27.0. The maximum absolute atomic E-state index is 12.8. The number of Topliss-reactive ketones (excluding diaryl/α,β-unsaturated/α-hetero) is 1. The Hall–Kier alpha value is -0.380. The van der Waals surface area contributed by atoms with E-state index in [9.17, 15) is 14.3 Å². The third-order valence-corrected chi connectivity index (χ3v) is 8.63. The van der Waals surface area contributed by atoms with E-state index in [0.29, 0.717) is 4.48 Å². The van der Waals surface area contributed by atoms with Crippen molar-refractivity contribution in [3.8, 4) is 0 Å². The van der Waals surface area contributed by atoms with Gasteiger partial charge in [-0.25, -0.2) is 9.45 Å². The Morgan fingerprint density at radius 1 is 0.714 bits per heavy atom. The second-order valence-corrected chi connectivity index (χ2v) is 14.4. The van der Waals surface area contributed by atoms with Crippen LogP contribution in [-0.4, -0.2) is 78.6 Å². The predicted octanol–water partition coefficient (Wildman–Crippen LogP) is 8.22. The van der Waals surface area contributed by atoms with Crippen LogP contribution in [0.5, 0.6) is 0 Å². The van der Waals surface area contributed by atoms with Crippen molar-refractivity contribution in [2.75, 3.05) is 40.9 Å². The summed E-state index contributed by atoms with van der Waals surface area (Å²) in [5.74, 6) is -0.226. The van der Waals surface area contributed by atoms with Crippen LogP contribution >= 0.6 is 7.82 Å². The number of phosphoric ester groups is 1. The van der Waals surface area contributed by atoms with Crippen LogP contribution in [0.1, 0.15) is 148 Å². The number of rotatable bonds is 32. The number of hydrogen-bond donors (Lipinski definition) is 3. The van der Waals surface area contributed by atoms with Crippen LogP contribution in [0.15, 0.2) is 0 Å². The molecule has 0 radical (unpaired) electrons. The first-order valence-corrected chi connectivity index (χ1v) is 18.4. The summed E-state index contributed by atoms with van der Waals surface area (Å²) in [5, 5.41) is 17.6. The van der Waals surface area contributed by atoms with Gasteiger partial charge in [0.05, 0.1) is 34.4 Å². The first-order valence-electron chi connectivity index (χ1n) is 16.9. The predicted molar refractivity (Wildman–Crippen MR) is 170 cm³/mol. The molecule has 9 nitrogen and oxygen atoms in total. The molecule has 252 valence electrons. The summed E-state index contributed by atoms with van der Waals surface area (Å²) < 4.78 is 22.7. The third kappa shape index (κ3) is 27.2. The molecule has 0 heterocycles. The van der Waals surface area contributed by atoms with Crippen molar-refractivity contribution in [2.45, 2.75) is 160 Å². The van der Waals surface area contributed by atoms with Crippen LogP contribution in [0.2, 0.25) is 0 Å². The number of nitrogens with zero attached hydrogens (tertiary/aromatic N) is 1. The van der Waals surface area contributed by atoms with E-state index in [2.05, 4.69) is 11.8 Å². The molecule has 0 spiro atoms. The van der Waals surface area contributed by atoms with Crippen molar-refractivity contribution in [3.63, 3.8) is 0 Å². The average molecular weight is 625 g/mol. The first-order chi connectivity index (χ1) is 20.0. The van der Waals surface area contributed by atoms with Gasteiger partial charge in [-0.15, -0.1) is 0 Å². The Kier molecular flexibility index (Phi) is 26.7. The Balaban J connectivity index is 3.85. The van der Waals surface area contributed by atoms with Gasteiger partial charge >= 0.3 is 7.82 Å². The van der Waals surface area contributed by atoms with Gasteiger partial charge in [0.15, 0.2) is 11.9 Å². The lowest BCUT2D eigenvalue weighted by Crippen LogP contribution is -2.45. The number of phosphoric acid groups is 1. The fraction of sp³-hybridized carbons (Fsp3) is 0.969. The molecule has 0 aliphatic heterocycles. The zero-order chi connectivity index (χ0) is 31.5. The lowest BCUT2D eigenvalue weighted by atomic mass is 10.0. The number of likely N-dealkylation sites (N-methyl/N-ethyl adjacent to an activating group) is 1. The van der Waals surface area contributed by atoms with Crippen molar-refractivity contribution >= 4 is 13.6 Å². The van der Waals surface area contributed by atoms with E-state index in [1.165, 1.54) is 116 Å². The highest BCUT2D eigenvalue weighted by Gasteiger charge is 2.35. The monoisotopic (exact) mass is 624 g/mol. The number of carbonyl (C=O) groups excluding carboxylic acids is 1. The van der Waals surface area contributed by atoms with E-state index in [-0.39, 0.29) is 18.7 Å². The molecule has 3 N–H and O–H groups in total.